The number of nitrogens with zero attached hydrogens (tertiary/aromatic N) is 3. The molecule has 3 aromatic carbocycles. The molecule has 0 aliphatic carbocycles. The van der Waals surface area contributed by atoms with E-state index in [1.54, 1.807) is 4.68 Å². The molecule has 0 fully saturated rings. The van der Waals surface area contributed by atoms with Gasteiger partial charge in [-0.1, -0.05) is 93.6 Å². The number of rotatable bonds is 5. The summed E-state index contributed by atoms with van der Waals surface area (Å²) in [5.74, 6) is 0.0778. The van der Waals surface area contributed by atoms with Crippen LogP contribution in [0.15, 0.2) is 84.9 Å². The molecule has 0 spiro atoms. The molecule has 5 nitrogen and oxygen atoms in total. The van der Waals surface area contributed by atoms with E-state index in [0.717, 1.165) is 16.8 Å². The minimum absolute atomic E-state index is 0.0361. The van der Waals surface area contributed by atoms with Gasteiger partial charge in [-0.05, 0) is 28.7 Å². The lowest BCUT2D eigenvalue weighted by Crippen LogP contribution is -2.11. The molecule has 0 atom stereocenters. The fourth-order valence-corrected chi connectivity index (χ4v) is 3.24. The fourth-order valence-electron chi connectivity index (χ4n) is 3.24. The van der Waals surface area contributed by atoms with E-state index in [-0.39, 0.29) is 17.8 Å². The lowest BCUT2D eigenvalue weighted by Gasteiger charge is -2.19. The summed E-state index contributed by atoms with van der Waals surface area (Å²) in [6, 6.07) is 27.4. The molecule has 31 heavy (non-hydrogen) atoms. The van der Waals surface area contributed by atoms with Crippen molar-refractivity contribution >= 4 is 5.97 Å². The standard InChI is InChI=1S/C26H25N3O2/c1-26(2,3)21-16-14-19(15-17-21)18-31-25(30)23-27-24(20-10-6-4-7-11-20)29(28-23)22-12-8-5-9-13-22/h4-17H,18H2,1-3H3. The zero-order chi connectivity index (χ0) is 21.8. The lowest BCUT2D eigenvalue weighted by molar-refractivity contribution is 0.0458. The van der Waals surface area contributed by atoms with Gasteiger partial charge in [-0.15, -0.1) is 5.10 Å². The summed E-state index contributed by atoms with van der Waals surface area (Å²) < 4.78 is 7.17. The Morgan fingerprint density at radius 2 is 1.48 bits per heavy atom. The van der Waals surface area contributed by atoms with Crippen molar-refractivity contribution in [3.05, 3.63) is 102 Å². The predicted molar refractivity (Wildman–Crippen MR) is 121 cm³/mol. The van der Waals surface area contributed by atoms with E-state index in [9.17, 15) is 4.79 Å². The number of hydrogen-bond donors (Lipinski definition) is 0. The second-order valence-electron chi connectivity index (χ2n) is 8.40. The molecule has 0 saturated heterocycles. The highest BCUT2D eigenvalue weighted by Gasteiger charge is 2.20. The van der Waals surface area contributed by atoms with Gasteiger partial charge in [-0.2, -0.15) is 0 Å². The summed E-state index contributed by atoms with van der Waals surface area (Å²) >= 11 is 0. The largest absolute Gasteiger partial charge is 0.455 e. The molecule has 1 aromatic heterocycles. The Labute approximate surface area is 182 Å². The minimum atomic E-state index is -0.549. The van der Waals surface area contributed by atoms with Crippen molar-refractivity contribution in [2.75, 3.05) is 0 Å². The van der Waals surface area contributed by atoms with Gasteiger partial charge in [0.2, 0.25) is 0 Å². The summed E-state index contributed by atoms with van der Waals surface area (Å²) in [6.07, 6.45) is 0. The van der Waals surface area contributed by atoms with Crippen molar-refractivity contribution in [2.45, 2.75) is 32.8 Å². The van der Waals surface area contributed by atoms with Crippen LogP contribution in [0, 0.1) is 0 Å². The molecule has 5 heteroatoms. The van der Waals surface area contributed by atoms with Gasteiger partial charge in [-0.25, -0.2) is 14.5 Å². The van der Waals surface area contributed by atoms with Gasteiger partial charge in [0.25, 0.3) is 5.82 Å². The van der Waals surface area contributed by atoms with Gasteiger partial charge in [0.1, 0.15) is 6.61 Å². The van der Waals surface area contributed by atoms with Crippen LogP contribution in [-0.4, -0.2) is 20.7 Å². The molecular formula is C26H25N3O2. The minimum Gasteiger partial charge on any atom is -0.455 e. The van der Waals surface area contributed by atoms with Gasteiger partial charge < -0.3 is 4.74 Å². The first-order valence-corrected chi connectivity index (χ1v) is 10.3. The smallest absolute Gasteiger partial charge is 0.378 e. The number of hydrogen-bond acceptors (Lipinski definition) is 4. The molecular weight excluding hydrogens is 386 g/mol. The molecule has 156 valence electrons. The highest BCUT2D eigenvalue weighted by atomic mass is 16.5. The Bertz CT molecular complexity index is 1100. The third-order valence-corrected chi connectivity index (χ3v) is 5.01. The Hall–Kier alpha value is -3.73. The molecule has 4 aromatic rings. The van der Waals surface area contributed by atoms with Crippen LogP contribution in [0.25, 0.3) is 17.1 Å². The van der Waals surface area contributed by atoms with Crippen LogP contribution >= 0.6 is 0 Å². The highest BCUT2D eigenvalue weighted by molar-refractivity contribution is 5.86. The van der Waals surface area contributed by atoms with Crippen LogP contribution in [0.3, 0.4) is 0 Å². The maximum atomic E-state index is 12.7. The number of carbonyl (C=O) groups excluding carboxylic acids is 1. The van der Waals surface area contributed by atoms with Gasteiger partial charge in [-0.3, -0.25) is 0 Å². The Morgan fingerprint density at radius 3 is 2.10 bits per heavy atom. The molecule has 0 bridgehead atoms. The van der Waals surface area contributed by atoms with Gasteiger partial charge >= 0.3 is 5.97 Å². The number of aromatic nitrogens is 3. The molecule has 0 radical (unpaired) electrons. The highest BCUT2D eigenvalue weighted by Crippen LogP contribution is 2.23. The Balaban J connectivity index is 1.56. The molecule has 0 aliphatic rings. The van der Waals surface area contributed by atoms with E-state index < -0.39 is 5.97 Å². The third kappa shape index (κ3) is 4.72. The number of ether oxygens (including phenoxy) is 1. The molecule has 1 heterocycles. The molecule has 0 saturated carbocycles. The summed E-state index contributed by atoms with van der Waals surface area (Å²) in [5.41, 5.74) is 3.93. The number of carbonyl (C=O) groups is 1. The maximum absolute atomic E-state index is 12.7. The van der Waals surface area contributed by atoms with Crippen molar-refractivity contribution in [1.82, 2.24) is 14.8 Å². The van der Waals surface area contributed by atoms with E-state index in [2.05, 4.69) is 43.0 Å². The van der Waals surface area contributed by atoms with Crippen LogP contribution in [0.5, 0.6) is 0 Å². The molecule has 0 aliphatic heterocycles. The van der Waals surface area contributed by atoms with Crippen LogP contribution < -0.4 is 0 Å². The van der Waals surface area contributed by atoms with Crippen molar-refractivity contribution in [1.29, 1.82) is 0 Å². The summed E-state index contributed by atoms with van der Waals surface area (Å²) in [4.78, 5) is 17.2. The van der Waals surface area contributed by atoms with Gasteiger partial charge in [0.15, 0.2) is 5.82 Å². The van der Waals surface area contributed by atoms with Crippen LogP contribution in [-0.2, 0) is 16.8 Å². The number of para-hydroxylation sites is 1. The normalized spacial score (nSPS) is 11.3. The summed E-state index contributed by atoms with van der Waals surface area (Å²) in [6.45, 7) is 6.67. The summed E-state index contributed by atoms with van der Waals surface area (Å²) in [5, 5.41) is 4.45. The second-order valence-corrected chi connectivity index (χ2v) is 8.40. The topological polar surface area (TPSA) is 57.0 Å². The van der Waals surface area contributed by atoms with Gasteiger partial charge in [0, 0.05) is 5.56 Å². The average molecular weight is 412 g/mol. The first kappa shape index (κ1) is 20.5. The summed E-state index contributed by atoms with van der Waals surface area (Å²) in [7, 11) is 0. The molecule has 4 rings (SSSR count). The van der Waals surface area contributed by atoms with Crippen LogP contribution in [0.4, 0.5) is 0 Å². The first-order chi connectivity index (χ1) is 14.9. The molecule has 0 unspecified atom stereocenters. The SMILES string of the molecule is CC(C)(C)c1ccc(COC(=O)c2nc(-c3ccccc3)n(-c3ccccc3)n2)cc1. The van der Waals surface area contributed by atoms with Crippen LogP contribution in [0.1, 0.15) is 42.5 Å². The third-order valence-electron chi connectivity index (χ3n) is 5.01. The van der Waals surface area contributed by atoms with Crippen LogP contribution in [0.2, 0.25) is 0 Å². The van der Waals surface area contributed by atoms with E-state index >= 15 is 0 Å². The van der Waals surface area contributed by atoms with E-state index in [4.69, 9.17) is 4.74 Å². The van der Waals surface area contributed by atoms with Crippen molar-refractivity contribution in [3.8, 4) is 17.1 Å². The maximum Gasteiger partial charge on any atom is 0.378 e. The van der Waals surface area contributed by atoms with E-state index in [1.807, 2.05) is 72.8 Å². The Kier molecular flexibility index (Phi) is 5.67. The van der Waals surface area contributed by atoms with Crippen molar-refractivity contribution in [2.24, 2.45) is 0 Å². The van der Waals surface area contributed by atoms with Crippen molar-refractivity contribution in [3.63, 3.8) is 0 Å². The van der Waals surface area contributed by atoms with Gasteiger partial charge in [0.05, 0.1) is 5.69 Å². The molecule has 0 N–H and O–H groups in total. The monoisotopic (exact) mass is 411 g/mol. The van der Waals surface area contributed by atoms with E-state index in [0.29, 0.717) is 5.82 Å². The zero-order valence-electron chi connectivity index (χ0n) is 17.9. The lowest BCUT2D eigenvalue weighted by atomic mass is 9.87. The number of esters is 1. The van der Waals surface area contributed by atoms with E-state index in [1.165, 1.54) is 5.56 Å². The zero-order valence-corrected chi connectivity index (χ0v) is 17.9. The molecule has 0 amide bonds. The second kappa shape index (κ2) is 8.56. The predicted octanol–water partition coefficient (Wildman–Crippen LogP) is 5.59. The number of benzene rings is 3. The first-order valence-electron chi connectivity index (χ1n) is 10.3. The Morgan fingerprint density at radius 1 is 0.871 bits per heavy atom. The average Bonchev–Trinajstić information content (AvgIpc) is 3.24. The fraction of sp³-hybridized carbons (Fsp3) is 0.192. The van der Waals surface area contributed by atoms with Crippen molar-refractivity contribution < 1.29 is 9.53 Å². The quantitative estimate of drug-likeness (QED) is 0.402.